The summed E-state index contributed by atoms with van der Waals surface area (Å²) in [6.45, 7) is 2.59. The van der Waals surface area contributed by atoms with Gasteiger partial charge < -0.3 is 14.2 Å². The Morgan fingerprint density at radius 3 is 1.56 bits per heavy atom. The van der Waals surface area contributed by atoms with Crippen LogP contribution in [0.1, 0.15) is 86.6 Å². The molecule has 54 heavy (non-hydrogen) atoms. The average Bonchev–Trinajstić information content (AvgIpc) is 3.02. The van der Waals surface area contributed by atoms with Crippen LogP contribution in [0.2, 0.25) is 0 Å². The van der Waals surface area contributed by atoms with E-state index in [0.29, 0.717) is 30.9 Å². The van der Waals surface area contributed by atoms with E-state index in [1.165, 1.54) is 12.5 Å². The molecule has 2 unspecified atom stereocenters. The lowest BCUT2D eigenvalue weighted by atomic mass is 9.73. The molecule has 0 bridgehead atoms. The zero-order chi connectivity index (χ0) is 39.8. The van der Waals surface area contributed by atoms with Gasteiger partial charge in [0.1, 0.15) is 51.7 Å². The van der Waals surface area contributed by atoms with Crippen molar-refractivity contribution in [2.75, 3.05) is 6.61 Å². The molecule has 2 aliphatic rings. The van der Waals surface area contributed by atoms with E-state index in [2.05, 4.69) is 21.1 Å². The molecular weight excluding hydrogens is 762 g/mol. The van der Waals surface area contributed by atoms with Gasteiger partial charge in [0.25, 0.3) is 0 Å². The third kappa shape index (κ3) is 9.52. The third-order valence-electron chi connectivity index (χ3n) is 9.59. The lowest BCUT2D eigenvalue weighted by molar-refractivity contribution is -0.432. The van der Waals surface area contributed by atoms with Crippen molar-refractivity contribution in [1.29, 1.82) is 0 Å². The highest BCUT2D eigenvalue weighted by Gasteiger charge is 2.50. The molecule has 0 spiro atoms. The molecule has 0 radical (unpaired) electrons. The van der Waals surface area contributed by atoms with Gasteiger partial charge in [-0.3, -0.25) is 0 Å². The summed E-state index contributed by atoms with van der Waals surface area (Å²) in [5.74, 6) is -12.9. The molecule has 0 N–H and O–H groups in total. The molecule has 2 atom stereocenters. The van der Waals surface area contributed by atoms with Gasteiger partial charge in [-0.2, -0.15) is 26.3 Å². The summed E-state index contributed by atoms with van der Waals surface area (Å²) in [4.78, 5) is 0. The molecule has 18 heteroatoms. The average molecular weight is 795 g/mol. The molecule has 298 valence electrons. The second-order valence-electron chi connectivity index (χ2n) is 13.3. The maximum atomic E-state index is 15.1. The second kappa shape index (κ2) is 15.7. The van der Waals surface area contributed by atoms with Crippen molar-refractivity contribution in [2.24, 2.45) is 17.8 Å². The first-order chi connectivity index (χ1) is 25.1. The largest absolute Gasteiger partial charge is 0.527 e. The fourth-order valence-electron chi connectivity index (χ4n) is 7.10. The van der Waals surface area contributed by atoms with Crippen LogP contribution in [0.15, 0.2) is 42.5 Å². The van der Waals surface area contributed by atoms with Crippen molar-refractivity contribution in [2.45, 2.75) is 89.1 Å². The van der Waals surface area contributed by atoms with E-state index in [0.717, 1.165) is 50.5 Å². The molecule has 0 amide bonds. The van der Waals surface area contributed by atoms with Gasteiger partial charge in [-0.25, -0.2) is 26.7 Å². The van der Waals surface area contributed by atoms with Gasteiger partial charge in [0.05, 0.1) is 18.3 Å². The van der Waals surface area contributed by atoms with Gasteiger partial charge in [-0.1, -0.05) is 38.7 Å². The summed E-state index contributed by atoms with van der Waals surface area (Å²) in [5.41, 5.74) is -6.12. The molecule has 5 rings (SSSR count). The van der Waals surface area contributed by atoms with E-state index < -0.39 is 100 Å². The molecule has 3 aromatic carbocycles. The standard InChI is InChI=1S/C36H32F14O4/c1-2-3-18-4-6-19(7-5-18)21-9-11-30(51-17-21)20-8-10-24(25(37)12-20)33(42,43)52-22-13-26(38)31(27(39)14-22)34(44,45)53-23-15-28(40)32(29(41)16-23)35(46,47)54-36(48,49)50/h8,10,12-16,18-19,21,30H,2-7,9,11,17H2,1H3. The first kappa shape index (κ1) is 41.4. The Labute approximate surface area is 299 Å². The fourth-order valence-corrected chi connectivity index (χ4v) is 7.10. The van der Waals surface area contributed by atoms with Gasteiger partial charge >= 0.3 is 24.7 Å². The maximum absolute atomic E-state index is 15.1. The molecule has 1 aliphatic carbocycles. The van der Waals surface area contributed by atoms with Crippen LogP contribution in [0.25, 0.3) is 0 Å². The molecule has 1 heterocycles. The van der Waals surface area contributed by atoms with Gasteiger partial charge in [0.2, 0.25) is 0 Å². The SMILES string of the molecule is CCCC1CCC(C2CCC(c3ccc(C(F)(F)Oc4cc(F)c(C(F)(F)Oc5cc(F)c(C(F)(F)OC(F)(F)F)c(F)c5)c(F)c4)c(F)c3)OC2)CC1. The number of hydrogen-bond acceptors (Lipinski definition) is 4. The third-order valence-corrected chi connectivity index (χ3v) is 9.59. The van der Waals surface area contributed by atoms with E-state index >= 15 is 13.2 Å². The summed E-state index contributed by atoms with van der Waals surface area (Å²) in [6.07, 6.45) is -14.0. The predicted molar refractivity (Wildman–Crippen MR) is 161 cm³/mol. The van der Waals surface area contributed by atoms with Crippen LogP contribution in [0.5, 0.6) is 11.5 Å². The van der Waals surface area contributed by atoms with Crippen molar-refractivity contribution in [3.63, 3.8) is 0 Å². The summed E-state index contributed by atoms with van der Waals surface area (Å²) in [7, 11) is 0. The van der Waals surface area contributed by atoms with Crippen molar-refractivity contribution < 1.29 is 80.4 Å². The normalized spacial score (nSPS) is 21.6. The molecule has 2 fully saturated rings. The Balaban J connectivity index is 1.25. The maximum Gasteiger partial charge on any atom is 0.527 e. The minimum atomic E-state index is -6.10. The predicted octanol–water partition coefficient (Wildman–Crippen LogP) is 12.3. The van der Waals surface area contributed by atoms with Crippen molar-refractivity contribution in [3.05, 3.63) is 93.8 Å². The summed E-state index contributed by atoms with van der Waals surface area (Å²) in [6, 6.07) is 1.40. The van der Waals surface area contributed by atoms with Gasteiger partial charge in [0, 0.05) is 24.3 Å². The first-order valence-electron chi connectivity index (χ1n) is 16.8. The zero-order valence-electron chi connectivity index (χ0n) is 28.1. The number of ether oxygens (including phenoxy) is 4. The number of alkyl halides is 9. The van der Waals surface area contributed by atoms with Crippen molar-refractivity contribution >= 4 is 0 Å². The molecule has 1 saturated heterocycles. The van der Waals surface area contributed by atoms with Crippen LogP contribution in [0.4, 0.5) is 61.5 Å². The number of rotatable bonds is 12. The Hall–Kier alpha value is -3.80. The molecule has 3 aromatic rings. The lowest BCUT2D eigenvalue weighted by Crippen LogP contribution is -2.30. The van der Waals surface area contributed by atoms with Crippen LogP contribution >= 0.6 is 0 Å². The molecular formula is C36H32F14O4. The van der Waals surface area contributed by atoms with Crippen LogP contribution in [0, 0.1) is 46.8 Å². The minimum Gasteiger partial charge on any atom is -0.429 e. The summed E-state index contributed by atoms with van der Waals surface area (Å²) in [5, 5.41) is 0. The smallest absolute Gasteiger partial charge is 0.429 e. The highest BCUT2D eigenvalue weighted by molar-refractivity contribution is 5.37. The Morgan fingerprint density at radius 1 is 0.593 bits per heavy atom. The zero-order valence-corrected chi connectivity index (χ0v) is 28.1. The minimum absolute atomic E-state index is 0.169. The lowest BCUT2D eigenvalue weighted by Gasteiger charge is -2.38. The Kier molecular flexibility index (Phi) is 12.1. The van der Waals surface area contributed by atoms with Crippen LogP contribution < -0.4 is 9.47 Å². The van der Waals surface area contributed by atoms with E-state index in [1.54, 1.807) is 0 Å². The van der Waals surface area contributed by atoms with Crippen LogP contribution in [-0.2, 0) is 27.8 Å². The Bertz CT molecular complexity index is 1740. The number of halogens is 14. The molecule has 1 saturated carbocycles. The van der Waals surface area contributed by atoms with Gasteiger partial charge in [-0.05, 0) is 61.1 Å². The number of benzene rings is 3. The Morgan fingerprint density at radius 2 is 1.09 bits per heavy atom. The van der Waals surface area contributed by atoms with Gasteiger partial charge in [-0.15, -0.1) is 13.2 Å². The van der Waals surface area contributed by atoms with E-state index in [1.807, 2.05) is 0 Å². The molecule has 4 nitrogen and oxygen atoms in total. The topological polar surface area (TPSA) is 36.9 Å². The van der Waals surface area contributed by atoms with Crippen LogP contribution in [-0.4, -0.2) is 13.0 Å². The highest BCUT2D eigenvalue weighted by Crippen LogP contribution is 2.45. The van der Waals surface area contributed by atoms with Crippen molar-refractivity contribution in [3.8, 4) is 11.5 Å². The quantitative estimate of drug-likeness (QED) is 0.171. The summed E-state index contributed by atoms with van der Waals surface area (Å²) < 4.78 is 213. The summed E-state index contributed by atoms with van der Waals surface area (Å²) >= 11 is 0. The fraction of sp³-hybridized carbons (Fsp3) is 0.500. The number of hydrogen-bond donors (Lipinski definition) is 0. The monoisotopic (exact) mass is 794 g/mol. The van der Waals surface area contributed by atoms with E-state index in [-0.39, 0.29) is 17.7 Å². The van der Waals surface area contributed by atoms with E-state index in [9.17, 15) is 48.3 Å². The second-order valence-corrected chi connectivity index (χ2v) is 13.3. The van der Waals surface area contributed by atoms with Gasteiger partial charge in [0.15, 0.2) is 0 Å². The van der Waals surface area contributed by atoms with Crippen LogP contribution in [0.3, 0.4) is 0 Å². The first-order valence-corrected chi connectivity index (χ1v) is 16.8. The van der Waals surface area contributed by atoms with Crippen molar-refractivity contribution in [1.82, 2.24) is 0 Å². The molecule has 0 aromatic heterocycles. The molecule has 1 aliphatic heterocycles. The van der Waals surface area contributed by atoms with E-state index in [4.69, 9.17) is 4.74 Å². The highest BCUT2D eigenvalue weighted by atomic mass is 19.4.